The second kappa shape index (κ2) is 16.6. The number of hydrogen-bond acceptors (Lipinski definition) is 6. The van der Waals surface area contributed by atoms with E-state index in [2.05, 4.69) is 67.6 Å². The molecule has 236 valence electrons. The molecule has 4 atom stereocenters. The average Bonchev–Trinajstić information content (AvgIpc) is 3.02. The van der Waals surface area contributed by atoms with Crippen LogP contribution in [0.25, 0.3) is 0 Å². The van der Waals surface area contributed by atoms with Crippen molar-refractivity contribution in [2.45, 2.75) is 72.1 Å². The van der Waals surface area contributed by atoms with Gasteiger partial charge in [0.15, 0.2) is 0 Å². The molecule has 1 aromatic heterocycles. The van der Waals surface area contributed by atoms with Crippen LogP contribution in [0.4, 0.5) is 11.6 Å². The summed E-state index contributed by atoms with van der Waals surface area (Å²) in [4.78, 5) is 40.3. The predicted molar refractivity (Wildman–Crippen MR) is 177 cm³/mol. The van der Waals surface area contributed by atoms with Crippen molar-refractivity contribution in [2.24, 2.45) is 16.8 Å². The minimum atomic E-state index is -0.195. The molecule has 4 unspecified atom stereocenters. The number of aromatic nitrogens is 1. The monoisotopic (exact) mass is 612 g/mol. The summed E-state index contributed by atoms with van der Waals surface area (Å²) in [5.41, 5.74) is 1.83. The molecular formula is C33H49ClN6O3. The van der Waals surface area contributed by atoms with E-state index in [4.69, 9.17) is 26.3 Å². The molecule has 0 spiro atoms. The number of anilines is 2. The molecule has 43 heavy (non-hydrogen) atoms. The van der Waals surface area contributed by atoms with E-state index in [0.717, 1.165) is 19.3 Å². The summed E-state index contributed by atoms with van der Waals surface area (Å²) in [6.45, 7) is 17.4. The van der Waals surface area contributed by atoms with Crippen LogP contribution in [-0.4, -0.2) is 86.6 Å². The van der Waals surface area contributed by atoms with Crippen molar-refractivity contribution in [3.05, 3.63) is 53.1 Å². The quantitative estimate of drug-likeness (QED) is 0.126. The van der Waals surface area contributed by atoms with E-state index in [9.17, 15) is 9.59 Å². The minimum Gasteiger partial charge on any atom is -0.374 e. The number of nitrogens with one attached hydrogen (secondary N) is 1. The number of amidine groups is 1. The van der Waals surface area contributed by atoms with Crippen LogP contribution in [0.15, 0.2) is 47.5 Å². The van der Waals surface area contributed by atoms with Gasteiger partial charge in [0.1, 0.15) is 17.5 Å². The van der Waals surface area contributed by atoms with Crippen molar-refractivity contribution in [3.63, 3.8) is 0 Å². The van der Waals surface area contributed by atoms with Gasteiger partial charge in [0.25, 0.3) is 0 Å². The van der Waals surface area contributed by atoms with E-state index in [1.807, 2.05) is 19.1 Å². The summed E-state index contributed by atoms with van der Waals surface area (Å²) >= 11 is 7.06. The summed E-state index contributed by atoms with van der Waals surface area (Å²) < 4.78 is 6.03. The zero-order valence-electron chi connectivity index (χ0n) is 26.6. The zero-order chi connectivity index (χ0) is 31.5. The van der Waals surface area contributed by atoms with Gasteiger partial charge in [0.2, 0.25) is 12.8 Å². The van der Waals surface area contributed by atoms with Crippen LogP contribution < -0.4 is 15.1 Å². The fourth-order valence-electron chi connectivity index (χ4n) is 5.94. The minimum absolute atomic E-state index is 0.0489. The second-order valence-corrected chi connectivity index (χ2v) is 11.9. The molecule has 0 saturated carbocycles. The SMILES string of the molecule is C=CCCN(C(=NC)c1cc(Cl)c(N2CCOC(C(C)C)C2)nc1N(C=O)C1C(CC)=CC=CC1CC)C(C)CNC=O. The number of rotatable bonds is 15. The fraction of sp³-hybridized carbons (Fsp3) is 0.576. The Bertz CT molecular complexity index is 1200. The molecule has 1 fully saturated rings. The number of aliphatic imine (C=N–C) groups is 1. The first-order valence-corrected chi connectivity index (χ1v) is 15.8. The first-order chi connectivity index (χ1) is 20.8. The van der Waals surface area contributed by atoms with E-state index < -0.39 is 0 Å². The molecule has 0 bridgehead atoms. The normalized spacial score (nSPS) is 21.3. The first-order valence-electron chi connectivity index (χ1n) is 15.5. The maximum Gasteiger partial charge on any atom is 0.215 e. The molecule has 1 aromatic rings. The Morgan fingerprint density at radius 2 is 2.09 bits per heavy atom. The summed E-state index contributed by atoms with van der Waals surface area (Å²) in [6, 6.07) is 1.60. The van der Waals surface area contributed by atoms with Crippen LogP contribution in [0.3, 0.4) is 0 Å². The Kier molecular flexibility index (Phi) is 13.3. The number of halogens is 1. The number of carbonyl (C=O) groups is 2. The van der Waals surface area contributed by atoms with Crippen LogP contribution >= 0.6 is 11.6 Å². The van der Waals surface area contributed by atoms with E-state index in [1.165, 1.54) is 5.57 Å². The van der Waals surface area contributed by atoms with Gasteiger partial charge in [-0.2, -0.15) is 0 Å². The Hall–Kier alpha value is -3.17. The summed E-state index contributed by atoms with van der Waals surface area (Å²) in [7, 11) is 1.73. The number of amides is 2. The number of allylic oxidation sites excluding steroid dienone is 2. The van der Waals surface area contributed by atoms with Gasteiger partial charge in [-0.25, -0.2) is 4.98 Å². The third-order valence-corrected chi connectivity index (χ3v) is 8.67. The topological polar surface area (TPSA) is 90.4 Å². The van der Waals surface area contributed by atoms with Crippen LogP contribution in [0, 0.1) is 11.8 Å². The molecule has 1 saturated heterocycles. The largest absolute Gasteiger partial charge is 0.374 e. The Labute approximate surface area is 262 Å². The highest BCUT2D eigenvalue weighted by molar-refractivity contribution is 6.33. The van der Waals surface area contributed by atoms with Gasteiger partial charge in [0.05, 0.1) is 29.3 Å². The number of nitrogens with zero attached hydrogens (tertiary/aromatic N) is 5. The number of pyridine rings is 1. The van der Waals surface area contributed by atoms with Gasteiger partial charge < -0.3 is 19.9 Å². The Balaban J connectivity index is 2.25. The van der Waals surface area contributed by atoms with Crippen molar-refractivity contribution < 1.29 is 14.3 Å². The molecule has 1 aliphatic heterocycles. The molecule has 2 amide bonds. The average molecular weight is 613 g/mol. The smallest absolute Gasteiger partial charge is 0.215 e. The van der Waals surface area contributed by atoms with Crippen molar-refractivity contribution in [2.75, 3.05) is 49.6 Å². The highest BCUT2D eigenvalue weighted by atomic mass is 35.5. The predicted octanol–water partition coefficient (Wildman–Crippen LogP) is 5.25. The lowest BCUT2D eigenvalue weighted by Crippen LogP contribution is -2.47. The molecular weight excluding hydrogens is 564 g/mol. The van der Waals surface area contributed by atoms with Crippen LogP contribution in [0.2, 0.25) is 5.02 Å². The van der Waals surface area contributed by atoms with E-state index in [-0.39, 0.29) is 24.1 Å². The molecule has 1 aliphatic carbocycles. The highest BCUT2D eigenvalue weighted by Crippen LogP contribution is 2.37. The van der Waals surface area contributed by atoms with Crippen LogP contribution in [0.5, 0.6) is 0 Å². The highest BCUT2D eigenvalue weighted by Gasteiger charge is 2.35. The molecule has 2 aliphatic rings. The number of hydrogen-bond donors (Lipinski definition) is 1. The maximum absolute atomic E-state index is 13.2. The van der Waals surface area contributed by atoms with E-state index in [1.54, 1.807) is 11.9 Å². The number of morpholine rings is 1. The van der Waals surface area contributed by atoms with Gasteiger partial charge >= 0.3 is 0 Å². The summed E-state index contributed by atoms with van der Waals surface area (Å²) in [5, 5.41) is 3.28. The second-order valence-electron chi connectivity index (χ2n) is 11.5. The summed E-state index contributed by atoms with van der Waals surface area (Å²) in [5.74, 6) is 2.25. The molecule has 0 radical (unpaired) electrons. The van der Waals surface area contributed by atoms with Crippen molar-refractivity contribution in [1.29, 1.82) is 0 Å². The van der Waals surface area contributed by atoms with Gasteiger partial charge in [-0.15, -0.1) is 6.58 Å². The van der Waals surface area contributed by atoms with Crippen molar-refractivity contribution in [3.8, 4) is 0 Å². The standard InChI is InChI=1S/C33H49ClN6O3/c1-8-11-15-39(24(6)19-36-21-41)31(35-7)27-18-28(34)33(38-16-17-43-29(20-38)23(4)5)37-32(27)40(22-42)30-25(9-2)13-12-14-26(30)10-3/h8,12-14,18,21-25,29-30H,1,9-11,15-17,19-20H2,2-7H3,(H,36,41). The Morgan fingerprint density at radius 3 is 2.70 bits per heavy atom. The third kappa shape index (κ3) is 8.06. The molecule has 1 N–H and O–H groups in total. The number of carbonyl (C=O) groups excluding carboxylic acids is 2. The lowest BCUT2D eigenvalue weighted by molar-refractivity contribution is -0.110. The molecule has 0 aromatic carbocycles. The van der Waals surface area contributed by atoms with Gasteiger partial charge in [-0.3, -0.25) is 19.5 Å². The lowest BCUT2D eigenvalue weighted by atomic mass is 9.84. The van der Waals surface area contributed by atoms with Gasteiger partial charge in [-0.05, 0) is 43.7 Å². The first kappa shape index (κ1) is 34.3. The number of ether oxygens (including phenoxy) is 1. The molecule has 3 rings (SSSR count). The van der Waals surface area contributed by atoms with Crippen LogP contribution in [0.1, 0.15) is 59.4 Å². The van der Waals surface area contributed by atoms with E-state index >= 15 is 0 Å². The van der Waals surface area contributed by atoms with Crippen LogP contribution in [-0.2, 0) is 14.3 Å². The van der Waals surface area contributed by atoms with Gasteiger partial charge in [0, 0.05) is 45.2 Å². The third-order valence-electron chi connectivity index (χ3n) is 8.39. The Morgan fingerprint density at radius 1 is 1.33 bits per heavy atom. The molecule has 2 heterocycles. The summed E-state index contributed by atoms with van der Waals surface area (Å²) in [6.07, 6.45) is 12.2. The van der Waals surface area contributed by atoms with Crippen molar-refractivity contribution >= 4 is 41.9 Å². The zero-order valence-corrected chi connectivity index (χ0v) is 27.4. The molecule has 9 nitrogen and oxygen atoms in total. The lowest BCUT2D eigenvalue weighted by Gasteiger charge is -2.40. The van der Waals surface area contributed by atoms with Crippen molar-refractivity contribution in [1.82, 2.24) is 15.2 Å². The van der Waals surface area contributed by atoms with E-state index in [0.29, 0.717) is 79.6 Å². The molecule has 10 heteroatoms. The fourth-order valence-corrected chi connectivity index (χ4v) is 6.21. The van der Waals surface area contributed by atoms with Gasteiger partial charge in [-0.1, -0.05) is 63.6 Å². The maximum atomic E-state index is 13.2.